The van der Waals surface area contributed by atoms with Crippen LogP contribution in [0, 0.1) is 6.92 Å². The number of aromatic hydroxyl groups is 2. The summed E-state index contributed by atoms with van der Waals surface area (Å²) in [6.45, 7) is 5.05. The molecule has 3 N–H and O–H groups in total. The van der Waals surface area contributed by atoms with E-state index in [0.717, 1.165) is 16.8 Å². The van der Waals surface area contributed by atoms with Gasteiger partial charge in [-0.1, -0.05) is 18.5 Å². The molecule has 2 aromatic heterocycles. The van der Waals surface area contributed by atoms with Gasteiger partial charge in [0.2, 0.25) is 11.8 Å². The molecular formula is C18H19ClF3N3O4. The van der Waals surface area contributed by atoms with Crippen LogP contribution in [0.5, 0.6) is 11.8 Å². The summed E-state index contributed by atoms with van der Waals surface area (Å²) < 4.78 is 44.2. The summed E-state index contributed by atoms with van der Waals surface area (Å²) in [5.41, 5.74) is 1.65. The number of aromatic nitrogens is 2. The standard InChI is InChI=1S/C18H19ClF3N3O4/c1-4-9(2)29-14(26)8-5-11-10(3)16(27)25(17(11)28)24-13-7-6-12(15(19)23-13)18(20,21)22/h5-9,27-28H,4H2,1-3H3,(H,23,24)/b8-5+. The predicted octanol–water partition coefficient (Wildman–Crippen LogP) is 4.51. The van der Waals surface area contributed by atoms with E-state index in [9.17, 15) is 28.2 Å². The lowest BCUT2D eigenvalue weighted by Crippen LogP contribution is -2.12. The van der Waals surface area contributed by atoms with Crippen molar-refractivity contribution in [2.75, 3.05) is 5.43 Å². The van der Waals surface area contributed by atoms with Crippen LogP contribution in [0.15, 0.2) is 18.2 Å². The average molecular weight is 434 g/mol. The number of ether oxygens (including phenoxy) is 1. The van der Waals surface area contributed by atoms with E-state index < -0.39 is 34.6 Å². The van der Waals surface area contributed by atoms with E-state index >= 15 is 0 Å². The first kappa shape index (κ1) is 22.4. The maximum atomic E-state index is 12.8. The molecule has 1 atom stereocenters. The number of alkyl halides is 3. The van der Waals surface area contributed by atoms with Crippen molar-refractivity contribution in [1.82, 2.24) is 9.66 Å². The first-order valence-corrected chi connectivity index (χ1v) is 8.86. The molecule has 0 spiro atoms. The number of rotatable bonds is 6. The highest BCUT2D eigenvalue weighted by molar-refractivity contribution is 6.30. The molecule has 0 bridgehead atoms. The van der Waals surface area contributed by atoms with Crippen LogP contribution in [0.4, 0.5) is 19.0 Å². The number of hydrogen-bond acceptors (Lipinski definition) is 6. The van der Waals surface area contributed by atoms with Gasteiger partial charge in [-0.3, -0.25) is 5.43 Å². The van der Waals surface area contributed by atoms with E-state index in [-0.39, 0.29) is 23.0 Å². The van der Waals surface area contributed by atoms with Crippen molar-refractivity contribution < 1.29 is 32.9 Å². The lowest BCUT2D eigenvalue weighted by molar-refractivity contribution is -0.142. The number of pyridine rings is 1. The molecule has 29 heavy (non-hydrogen) atoms. The third kappa shape index (κ3) is 5.14. The van der Waals surface area contributed by atoms with Crippen LogP contribution in [0.1, 0.15) is 37.0 Å². The van der Waals surface area contributed by atoms with Crippen LogP contribution in [-0.4, -0.2) is 31.9 Å². The van der Waals surface area contributed by atoms with Crippen molar-refractivity contribution in [2.24, 2.45) is 0 Å². The molecule has 2 rings (SSSR count). The first-order chi connectivity index (χ1) is 13.5. The van der Waals surface area contributed by atoms with Crippen LogP contribution in [-0.2, 0) is 15.7 Å². The van der Waals surface area contributed by atoms with E-state index in [0.29, 0.717) is 12.5 Å². The van der Waals surface area contributed by atoms with Gasteiger partial charge in [-0.05, 0) is 38.5 Å². The summed E-state index contributed by atoms with van der Waals surface area (Å²) in [7, 11) is 0. The van der Waals surface area contributed by atoms with E-state index in [2.05, 4.69) is 10.4 Å². The number of hydrogen-bond donors (Lipinski definition) is 3. The second-order valence-electron chi connectivity index (χ2n) is 6.15. The molecule has 158 valence electrons. The molecule has 0 aliphatic heterocycles. The lowest BCUT2D eigenvalue weighted by atomic mass is 10.2. The molecule has 11 heteroatoms. The zero-order valence-corrected chi connectivity index (χ0v) is 16.5. The molecule has 2 aromatic rings. The topological polar surface area (TPSA) is 96.6 Å². The minimum Gasteiger partial charge on any atom is -0.493 e. The Kier molecular flexibility index (Phi) is 6.68. The quantitative estimate of drug-likeness (QED) is 0.352. The maximum Gasteiger partial charge on any atom is 0.419 e. The zero-order chi connectivity index (χ0) is 21.9. The summed E-state index contributed by atoms with van der Waals surface area (Å²) in [5, 5.41) is 19.8. The minimum absolute atomic E-state index is 0.106. The van der Waals surface area contributed by atoms with Crippen molar-refractivity contribution in [3.05, 3.63) is 40.1 Å². The monoisotopic (exact) mass is 433 g/mol. The fraction of sp³-hybridized carbons (Fsp3) is 0.333. The number of carbonyl (C=O) groups excluding carboxylic acids is 1. The van der Waals surface area contributed by atoms with Gasteiger partial charge in [-0.2, -0.15) is 17.8 Å². The van der Waals surface area contributed by atoms with Gasteiger partial charge in [-0.15, -0.1) is 0 Å². The molecule has 7 nitrogen and oxygen atoms in total. The van der Waals surface area contributed by atoms with Gasteiger partial charge in [-0.25, -0.2) is 9.78 Å². The van der Waals surface area contributed by atoms with Gasteiger partial charge in [0.05, 0.1) is 11.7 Å². The Balaban J connectivity index is 2.29. The van der Waals surface area contributed by atoms with Gasteiger partial charge in [0.15, 0.2) is 0 Å². The Morgan fingerprint density at radius 1 is 1.38 bits per heavy atom. The van der Waals surface area contributed by atoms with E-state index in [4.69, 9.17) is 16.3 Å². The molecule has 0 saturated carbocycles. The second-order valence-corrected chi connectivity index (χ2v) is 6.51. The van der Waals surface area contributed by atoms with E-state index in [1.807, 2.05) is 6.92 Å². The Hall–Kier alpha value is -2.88. The SMILES string of the molecule is CCC(C)OC(=O)/C=C/c1c(C)c(O)n(Nc2ccc(C(F)(F)F)c(Cl)n2)c1O. The Labute approximate surface area is 169 Å². The van der Waals surface area contributed by atoms with Crippen LogP contribution in [0.3, 0.4) is 0 Å². The minimum atomic E-state index is -4.67. The highest BCUT2D eigenvalue weighted by Gasteiger charge is 2.34. The second kappa shape index (κ2) is 8.64. The predicted molar refractivity (Wildman–Crippen MR) is 101 cm³/mol. The summed E-state index contributed by atoms with van der Waals surface area (Å²) in [4.78, 5) is 15.3. The molecule has 2 heterocycles. The number of anilines is 1. The van der Waals surface area contributed by atoms with E-state index in [1.54, 1.807) is 6.92 Å². The number of esters is 1. The van der Waals surface area contributed by atoms with Crippen LogP contribution >= 0.6 is 11.6 Å². The summed E-state index contributed by atoms with van der Waals surface area (Å²) in [5.74, 6) is -1.72. The normalized spacial score (nSPS) is 12.9. The molecular weight excluding hydrogens is 415 g/mol. The Morgan fingerprint density at radius 2 is 2.03 bits per heavy atom. The van der Waals surface area contributed by atoms with Crippen molar-refractivity contribution in [3.8, 4) is 11.8 Å². The lowest BCUT2D eigenvalue weighted by Gasteiger charge is -2.12. The largest absolute Gasteiger partial charge is 0.493 e. The van der Waals surface area contributed by atoms with Crippen molar-refractivity contribution in [2.45, 2.75) is 39.5 Å². The Morgan fingerprint density at radius 3 is 2.59 bits per heavy atom. The number of nitrogens with one attached hydrogen (secondary N) is 1. The molecule has 0 fully saturated rings. The molecule has 0 aromatic carbocycles. The van der Waals surface area contributed by atoms with E-state index in [1.165, 1.54) is 13.0 Å². The molecule has 0 radical (unpaired) electrons. The smallest absolute Gasteiger partial charge is 0.419 e. The van der Waals surface area contributed by atoms with Gasteiger partial charge >= 0.3 is 12.1 Å². The van der Waals surface area contributed by atoms with Gasteiger partial charge < -0.3 is 14.9 Å². The van der Waals surface area contributed by atoms with Crippen LogP contribution in [0.25, 0.3) is 6.08 Å². The first-order valence-electron chi connectivity index (χ1n) is 8.48. The maximum absolute atomic E-state index is 12.8. The molecule has 0 saturated heterocycles. The Bertz CT molecular complexity index is 941. The fourth-order valence-electron chi connectivity index (χ4n) is 2.28. The molecule has 0 aliphatic rings. The molecule has 1 unspecified atom stereocenters. The van der Waals surface area contributed by atoms with Crippen LogP contribution < -0.4 is 5.43 Å². The van der Waals surface area contributed by atoms with Gasteiger partial charge in [0, 0.05) is 17.2 Å². The summed E-state index contributed by atoms with van der Waals surface area (Å²) in [6.07, 6.45) is -1.98. The van der Waals surface area contributed by atoms with Gasteiger partial charge in [0.1, 0.15) is 11.0 Å². The van der Waals surface area contributed by atoms with Crippen molar-refractivity contribution in [3.63, 3.8) is 0 Å². The summed E-state index contributed by atoms with van der Waals surface area (Å²) in [6, 6.07) is 1.70. The molecule has 0 amide bonds. The highest BCUT2D eigenvalue weighted by atomic mass is 35.5. The number of nitrogens with zero attached hydrogens (tertiary/aromatic N) is 2. The highest BCUT2D eigenvalue weighted by Crippen LogP contribution is 2.36. The molecule has 0 aliphatic carbocycles. The summed E-state index contributed by atoms with van der Waals surface area (Å²) >= 11 is 5.57. The third-order valence-corrected chi connectivity index (χ3v) is 4.35. The number of carbonyl (C=O) groups is 1. The number of halogens is 4. The fourth-order valence-corrected chi connectivity index (χ4v) is 2.54. The van der Waals surface area contributed by atoms with Crippen molar-refractivity contribution in [1.29, 1.82) is 0 Å². The zero-order valence-electron chi connectivity index (χ0n) is 15.7. The van der Waals surface area contributed by atoms with Gasteiger partial charge in [0.25, 0.3) is 0 Å². The van der Waals surface area contributed by atoms with Crippen molar-refractivity contribution >= 4 is 29.5 Å². The average Bonchev–Trinajstić information content (AvgIpc) is 2.82. The third-order valence-electron chi connectivity index (χ3n) is 4.06. The van der Waals surface area contributed by atoms with Crippen LogP contribution in [0.2, 0.25) is 5.15 Å².